The molecule has 0 aromatic carbocycles. The first-order valence-corrected chi connectivity index (χ1v) is 3.46. The summed E-state index contributed by atoms with van der Waals surface area (Å²) in [4.78, 5) is 22.2. The fraction of sp³-hybridized carbons (Fsp3) is 0.714. The Morgan fingerprint density at radius 3 is 1.45 bits per heavy atom. The molecule has 64 valence electrons. The number of carbonyl (C=O) groups is 2. The number of carbonyl (C=O) groups excluding carboxylic acids is 2. The molecule has 1 saturated heterocycles. The van der Waals surface area contributed by atoms with Gasteiger partial charge in [0.05, 0.1) is 0 Å². The zero-order valence-electron chi connectivity index (χ0n) is 7.18. The van der Waals surface area contributed by atoms with Crippen molar-refractivity contribution >= 4 is 11.8 Å². The SMILES string of the molecule is CN(C)C.O=C1CCC(=O)N1. The summed E-state index contributed by atoms with van der Waals surface area (Å²) in [5.74, 6) is -0.296. The lowest BCUT2D eigenvalue weighted by Crippen LogP contribution is -2.18. The van der Waals surface area contributed by atoms with Gasteiger partial charge in [-0.1, -0.05) is 0 Å². The molecule has 0 aromatic heterocycles. The molecule has 1 aliphatic rings. The summed E-state index contributed by atoms with van der Waals surface area (Å²) in [7, 11) is 6.00. The third-order valence-corrected chi connectivity index (χ3v) is 0.858. The maximum atomic E-state index is 10.1. The molecule has 0 saturated carbocycles. The summed E-state index contributed by atoms with van der Waals surface area (Å²) in [5.41, 5.74) is 0. The molecule has 0 bridgehead atoms. The molecule has 1 rings (SSSR count). The van der Waals surface area contributed by atoms with E-state index in [0.717, 1.165) is 0 Å². The van der Waals surface area contributed by atoms with E-state index < -0.39 is 0 Å². The molecule has 1 heterocycles. The normalized spacial score (nSPS) is 16.0. The first kappa shape index (κ1) is 10.1. The van der Waals surface area contributed by atoms with Crippen LogP contribution < -0.4 is 5.32 Å². The van der Waals surface area contributed by atoms with Gasteiger partial charge in [-0.25, -0.2) is 0 Å². The predicted molar refractivity (Wildman–Crippen MR) is 42.0 cm³/mol. The van der Waals surface area contributed by atoms with Gasteiger partial charge in [0.2, 0.25) is 11.8 Å². The zero-order chi connectivity index (χ0) is 8.85. The average Bonchev–Trinajstić information content (AvgIpc) is 2.13. The van der Waals surface area contributed by atoms with Gasteiger partial charge < -0.3 is 4.90 Å². The van der Waals surface area contributed by atoms with Crippen LogP contribution >= 0.6 is 0 Å². The van der Waals surface area contributed by atoms with Crippen LogP contribution in [0.2, 0.25) is 0 Å². The maximum absolute atomic E-state index is 10.1. The molecular weight excluding hydrogens is 144 g/mol. The zero-order valence-corrected chi connectivity index (χ0v) is 7.18. The number of amides is 2. The molecule has 1 fully saturated rings. The summed E-state index contributed by atoms with van der Waals surface area (Å²) >= 11 is 0. The van der Waals surface area contributed by atoms with Crippen LogP contribution in [0.25, 0.3) is 0 Å². The van der Waals surface area contributed by atoms with Crippen molar-refractivity contribution in [1.29, 1.82) is 0 Å². The van der Waals surface area contributed by atoms with Crippen LogP contribution in [0.3, 0.4) is 0 Å². The molecule has 0 spiro atoms. The Morgan fingerprint density at radius 2 is 1.36 bits per heavy atom. The lowest BCUT2D eigenvalue weighted by atomic mass is 10.4. The highest BCUT2D eigenvalue weighted by atomic mass is 16.2. The van der Waals surface area contributed by atoms with Gasteiger partial charge in [-0.3, -0.25) is 14.9 Å². The van der Waals surface area contributed by atoms with Gasteiger partial charge in [-0.2, -0.15) is 0 Å². The molecule has 0 atom stereocenters. The maximum Gasteiger partial charge on any atom is 0.227 e. The monoisotopic (exact) mass is 158 g/mol. The highest BCUT2D eigenvalue weighted by Gasteiger charge is 2.15. The molecule has 0 aliphatic carbocycles. The molecule has 0 unspecified atom stereocenters. The van der Waals surface area contributed by atoms with Gasteiger partial charge in [0.25, 0.3) is 0 Å². The number of nitrogens with one attached hydrogen (secondary N) is 1. The highest BCUT2D eigenvalue weighted by molar-refractivity contribution is 6.01. The van der Waals surface area contributed by atoms with Crippen LogP contribution in [0.5, 0.6) is 0 Å². The van der Waals surface area contributed by atoms with Crippen LogP contribution in [0, 0.1) is 0 Å². The number of nitrogens with zero attached hydrogens (tertiary/aromatic N) is 1. The average molecular weight is 158 g/mol. The summed E-state index contributed by atoms with van der Waals surface area (Å²) in [6, 6.07) is 0. The lowest BCUT2D eigenvalue weighted by molar-refractivity contribution is -0.124. The lowest BCUT2D eigenvalue weighted by Gasteiger charge is -1.90. The van der Waals surface area contributed by atoms with E-state index in [0.29, 0.717) is 12.8 Å². The van der Waals surface area contributed by atoms with Crippen LogP contribution in [0.4, 0.5) is 0 Å². The quantitative estimate of drug-likeness (QED) is 0.488. The van der Waals surface area contributed by atoms with Gasteiger partial charge in [0.15, 0.2) is 0 Å². The topological polar surface area (TPSA) is 49.4 Å². The Hall–Kier alpha value is -0.900. The summed E-state index contributed by atoms with van der Waals surface area (Å²) < 4.78 is 0. The van der Waals surface area contributed by atoms with Crippen molar-refractivity contribution in [2.75, 3.05) is 21.1 Å². The predicted octanol–water partition coefficient (Wildman–Crippen LogP) is -0.399. The first-order chi connectivity index (χ1) is 5.02. The second kappa shape index (κ2) is 4.85. The van der Waals surface area contributed by atoms with Gasteiger partial charge in [-0.15, -0.1) is 0 Å². The van der Waals surface area contributed by atoms with Crippen molar-refractivity contribution in [3.8, 4) is 0 Å². The fourth-order valence-corrected chi connectivity index (χ4v) is 0.508. The van der Waals surface area contributed by atoms with Crippen LogP contribution in [0.1, 0.15) is 12.8 Å². The number of hydrogen-bond acceptors (Lipinski definition) is 3. The minimum atomic E-state index is -0.148. The van der Waals surface area contributed by atoms with E-state index in [1.165, 1.54) is 0 Å². The van der Waals surface area contributed by atoms with Crippen LogP contribution in [0.15, 0.2) is 0 Å². The van der Waals surface area contributed by atoms with Crippen LogP contribution in [-0.4, -0.2) is 37.9 Å². The minimum Gasteiger partial charge on any atom is -0.312 e. The Kier molecular flexibility index (Phi) is 4.45. The molecule has 11 heavy (non-hydrogen) atoms. The highest BCUT2D eigenvalue weighted by Crippen LogP contribution is 1.95. The van der Waals surface area contributed by atoms with E-state index in [-0.39, 0.29) is 11.8 Å². The van der Waals surface area contributed by atoms with Gasteiger partial charge >= 0.3 is 0 Å². The third-order valence-electron chi connectivity index (χ3n) is 0.858. The second-order valence-corrected chi connectivity index (χ2v) is 2.81. The van der Waals surface area contributed by atoms with Crippen LogP contribution in [-0.2, 0) is 9.59 Å². The Balaban J connectivity index is 0.000000218. The van der Waals surface area contributed by atoms with E-state index in [9.17, 15) is 9.59 Å². The molecule has 0 radical (unpaired) electrons. The molecule has 2 amide bonds. The van der Waals surface area contributed by atoms with Crippen molar-refractivity contribution in [2.45, 2.75) is 12.8 Å². The Morgan fingerprint density at radius 1 is 1.09 bits per heavy atom. The fourth-order valence-electron chi connectivity index (χ4n) is 0.508. The minimum absolute atomic E-state index is 0.148. The molecule has 1 N–H and O–H groups in total. The van der Waals surface area contributed by atoms with E-state index >= 15 is 0 Å². The molecule has 4 heteroatoms. The molecule has 0 aromatic rings. The van der Waals surface area contributed by atoms with Crippen molar-refractivity contribution in [3.05, 3.63) is 0 Å². The third kappa shape index (κ3) is 6.99. The van der Waals surface area contributed by atoms with E-state index in [1.807, 2.05) is 26.0 Å². The second-order valence-electron chi connectivity index (χ2n) is 2.81. The van der Waals surface area contributed by atoms with E-state index in [4.69, 9.17) is 0 Å². The molecular formula is C7H14N2O2. The Labute approximate surface area is 66.6 Å². The Bertz CT molecular complexity index is 138. The van der Waals surface area contributed by atoms with Crippen molar-refractivity contribution in [1.82, 2.24) is 10.2 Å². The summed E-state index contributed by atoms with van der Waals surface area (Å²) in [5, 5.41) is 2.14. The van der Waals surface area contributed by atoms with Gasteiger partial charge in [0.1, 0.15) is 0 Å². The van der Waals surface area contributed by atoms with E-state index in [1.54, 1.807) is 0 Å². The number of hydrogen-bond donors (Lipinski definition) is 1. The van der Waals surface area contributed by atoms with Gasteiger partial charge in [0, 0.05) is 12.8 Å². The number of rotatable bonds is 0. The smallest absolute Gasteiger partial charge is 0.227 e. The van der Waals surface area contributed by atoms with Crippen molar-refractivity contribution in [3.63, 3.8) is 0 Å². The van der Waals surface area contributed by atoms with Crippen molar-refractivity contribution in [2.24, 2.45) is 0 Å². The summed E-state index contributed by atoms with van der Waals surface area (Å²) in [6.45, 7) is 0. The van der Waals surface area contributed by atoms with Crippen molar-refractivity contribution < 1.29 is 9.59 Å². The summed E-state index contributed by atoms with van der Waals surface area (Å²) in [6.07, 6.45) is 0.748. The molecule has 1 aliphatic heterocycles. The molecule has 4 nitrogen and oxygen atoms in total. The largest absolute Gasteiger partial charge is 0.312 e. The standard InChI is InChI=1S/C4H5NO2.C3H9N/c6-3-1-2-4(7)5-3;1-4(2)3/h1-2H2,(H,5,6,7);1-3H3. The first-order valence-electron chi connectivity index (χ1n) is 3.46. The van der Waals surface area contributed by atoms with Gasteiger partial charge in [-0.05, 0) is 21.1 Å². The number of imide groups is 1. The van der Waals surface area contributed by atoms with E-state index in [2.05, 4.69) is 5.32 Å².